The SMILES string of the molecule is Cn1cccc1CNS(=O)(=O)c1c(Br)nnn1C. The molecule has 0 fully saturated rings. The second-order valence-corrected chi connectivity index (χ2v) is 6.18. The first-order valence-electron chi connectivity index (χ1n) is 5.07. The lowest BCUT2D eigenvalue weighted by atomic mass is 10.4. The van der Waals surface area contributed by atoms with Crippen LogP contribution in [0.15, 0.2) is 28.0 Å². The first-order valence-corrected chi connectivity index (χ1v) is 7.34. The van der Waals surface area contributed by atoms with Gasteiger partial charge in [-0.25, -0.2) is 17.8 Å². The molecule has 18 heavy (non-hydrogen) atoms. The van der Waals surface area contributed by atoms with Gasteiger partial charge in [0.1, 0.15) is 0 Å². The molecule has 9 heteroatoms. The molecule has 2 heterocycles. The number of hydrogen-bond donors (Lipinski definition) is 1. The van der Waals surface area contributed by atoms with Crippen LogP contribution >= 0.6 is 15.9 Å². The molecule has 2 aromatic heterocycles. The number of rotatable bonds is 4. The van der Waals surface area contributed by atoms with Crippen LogP contribution < -0.4 is 4.72 Å². The molecule has 0 saturated carbocycles. The van der Waals surface area contributed by atoms with Gasteiger partial charge in [0.2, 0.25) is 5.03 Å². The number of halogens is 1. The second kappa shape index (κ2) is 4.82. The van der Waals surface area contributed by atoms with Crippen molar-refractivity contribution < 1.29 is 8.42 Å². The molecule has 0 spiro atoms. The number of nitrogens with one attached hydrogen (secondary N) is 1. The van der Waals surface area contributed by atoms with Crippen molar-refractivity contribution in [2.45, 2.75) is 11.6 Å². The summed E-state index contributed by atoms with van der Waals surface area (Å²) in [6.07, 6.45) is 1.85. The van der Waals surface area contributed by atoms with Gasteiger partial charge in [-0.05, 0) is 28.1 Å². The zero-order valence-corrected chi connectivity index (χ0v) is 12.2. The highest BCUT2D eigenvalue weighted by atomic mass is 79.9. The van der Waals surface area contributed by atoms with Crippen molar-refractivity contribution in [2.75, 3.05) is 0 Å². The first-order chi connectivity index (χ1) is 8.42. The Hall–Kier alpha value is -1.19. The molecular formula is C9H12BrN5O2S. The number of hydrogen-bond acceptors (Lipinski definition) is 4. The largest absolute Gasteiger partial charge is 0.353 e. The molecule has 0 aliphatic rings. The van der Waals surface area contributed by atoms with Crippen molar-refractivity contribution in [1.29, 1.82) is 0 Å². The highest BCUT2D eigenvalue weighted by Crippen LogP contribution is 2.17. The van der Waals surface area contributed by atoms with E-state index < -0.39 is 10.0 Å². The van der Waals surface area contributed by atoms with Gasteiger partial charge in [0.05, 0.1) is 6.54 Å². The van der Waals surface area contributed by atoms with Crippen molar-refractivity contribution in [3.8, 4) is 0 Å². The molecule has 2 rings (SSSR count). The average molecular weight is 334 g/mol. The quantitative estimate of drug-likeness (QED) is 0.877. The van der Waals surface area contributed by atoms with Crippen LogP contribution in [0.1, 0.15) is 5.69 Å². The number of aryl methyl sites for hydroxylation is 2. The summed E-state index contributed by atoms with van der Waals surface area (Å²) in [5.74, 6) is 0. The van der Waals surface area contributed by atoms with E-state index in [1.807, 2.05) is 29.9 Å². The lowest BCUT2D eigenvalue weighted by Gasteiger charge is -2.07. The van der Waals surface area contributed by atoms with E-state index in [1.165, 1.54) is 11.7 Å². The Morgan fingerprint density at radius 2 is 2.17 bits per heavy atom. The maximum absolute atomic E-state index is 12.1. The van der Waals surface area contributed by atoms with Crippen molar-refractivity contribution in [2.24, 2.45) is 14.1 Å². The third kappa shape index (κ3) is 2.47. The van der Waals surface area contributed by atoms with Gasteiger partial charge >= 0.3 is 0 Å². The standard InChI is InChI=1S/C9H12BrN5O2S/c1-14-5-3-4-7(14)6-11-18(16,17)9-8(10)12-13-15(9)2/h3-5,11H,6H2,1-2H3. The van der Waals surface area contributed by atoms with Crippen molar-refractivity contribution >= 4 is 26.0 Å². The topological polar surface area (TPSA) is 81.8 Å². The molecule has 98 valence electrons. The van der Waals surface area contributed by atoms with Crippen LogP contribution in [-0.4, -0.2) is 28.0 Å². The van der Waals surface area contributed by atoms with Crippen LogP contribution in [0, 0.1) is 0 Å². The Balaban J connectivity index is 2.21. The predicted molar refractivity (Wildman–Crippen MR) is 68.1 cm³/mol. The van der Waals surface area contributed by atoms with E-state index >= 15 is 0 Å². The van der Waals surface area contributed by atoms with E-state index in [0.717, 1.165) is 5.69 Å². The van der Waals surface area contributed by atoms with E-state index in [2.05, 4.69) is 31.0 Å². The summed E-state index contributed by atoms with van der Waals surface area (Å²) in [5.41, 5.74) is 0.866. The molecule has 0 aliphatic carbocycles. The van der Waals surface area contributed by atoms with Gasteiger partial charge in [-0.15, -0.1) is 5.10 Å². The van der Waals surface area contributed by atoms with E-state index in [4.69, 9.17) is 0 Å². The van der Waals surface area contributed by atoms with E-state index in [0.29, 0.717) is 0 Å². The third-order valence-corrected chi connectivity index (χ3v) is 4.77. The fourth-order valence-electron chi connectivity index (χ4n) is 1.53. The molecule has 0 radical (unpaired) electrons. The minimum Gasteiger partial charge on any atom is -0.353 e. The normalized spacial score (nSPS) is 11.9. The second-order valence-electron chi connectivity index (χ2n) is 3.74. The van der Waals surface area contributed by atoms with Crippen LogP contribution in [0.2, 0.25) is 0 Å². The lowest BCUT2D eigenvalue weighted by molar-refractivity contribution is 0.558. The molecule has 7 nitrogen and oxygen atoms in total. The van der Waals surface area contributed by atoms with Crippen molar-refractivity contribution in [1.82, 2.24) is 24.3 Å². The molecule has 0 aromatic carbocycles. The van der Waals surface area contributed by atoms with Crippen LogP contribution in [0.4, 0.5) is 0 Å². The summed E-state index contributed by atoms with van der Waals surface area (Å²) in [5, 5.41) is 7.30. The molecule has 0 aliphatic heterocycles. The average Bonchev–Trinajstić information content (AvgIpc) is 2.83. The zero-order valence-electron chi connectivity index (χ0n) is 9.83. The first kappa shape index (κ1) is 13.2. The number of nitrogens with zero attached hydrogens (tertiary/aromatic N) is 4. The molecule has 2 aromatic rings. The van der Waals surface area contributed by atoms with Crippen molar-refractivity contribution in [3.63, 3.8) is 0 Å². The number of sulfonamides is 1. The van der Waals surface area contributed by atoms with E-state index in [1.54, 1.807) is 0 Å². The van der Waals surface area contributed by atoms with Crippen LogP contribution in [0.3, 0.4) is 0 Å². The summed E-state index contributed by atoms with van der Waals surface area (Å²) in [4.78, 5) is 0. The van der Waals surface area contributed by atoms with Crippen molar-refractivity contribution in [3.05, 3.63) is 28.6 Å². The maximum Gasteiger partial charge on any atom is 0.260 e. The smallest absolute Gasteiger partial charge is 0.260 e. The summed E-state index contributed by atoms with van der Waals surface area (Å²) in [6, 6.07) is 3.70. The Labute approximate surface area is 113 Å². The fraction of sp³-hybridized carbons (Fsp3) is 0.333. The van der Waals surface area contributed by atoms with Gasteiger partial charge in [-0.1, -0.05) is 5.21 Å². The lowest BCUT2D eigenvalue weighted by Crippen LogP contribution is -2.26. The Morgan fingerprint density at radius 1 is 1.44 bits per heavy atom. The zero-order chi connectivity index (χ0) is 13.3. The minimum absolute atomic E-state index is 0.0108. The fourth-order valence-corrected chi connectivity index (χ4v) is 3.61. The van der Waals surface area contributed by atoms with Gasteiger partial charge in [0.15, 0.2) is 4.60 Å². The van der Waals surface area contributed by atoms with Crippen LogP contribution in [-0.2, 0) is 30.7 Å². The minimum atomic E-state index is -3.64. The van der Waals surface area contributed by atoms with Crippen LogP contribution in [0.5, 0.6) is 0 Å². The van der Waals surface area contributed by atoms with Gasteiger partial charge in [0.25, 0.3) is 10.0 Å². The van der Waals surface area contributed by atoms with E-state index in [9.17, 15) is 8.42 Å². The van der Waals surface area contributed by atoms with E-state index in [-0.39, 0.29) is 16.2 Å². The molecule has 0 bridgehead atoms. The van der Waals surface area contributed by atoms with Gasteiger partial charge < -0.3 is 4.57 Å². The summed E-state index contributed by atoms with van der Waals surface area (Å²) < 4.78 is 29.9. The molecule has 1 N–H and O–H groups in total. The van der Waals surface area contributed by atoms with Gasteiger partial charge in [0, 0.05) is 26.0 Å². The molecule has 0 atom stereocenters. The summed E-state index contributed by atoms with van der Waals surface area (Å²) in [6.45, 7) is 0.212. The van der Waals surface area contributed by atoms with Gasteiger partial charge in [-0.3, -0.25) is 0 Å². The monoisotopic (exact) mass is 333 g/mol. The van der Waals surface area contributed by atoms with Gasteiger partial charge in [-0.2, -0.15) is 0 Å². The Bertz CT molecular complexity index is 641. The number of aromatic nitrogens is 4. The van der Waals surface area contributed by atoms with Crippen LogP contribution in [0.25, 0.3) is 0 Å². The Kier molecular flexibility index (Phi) is 3.55. The molecule has 0 amide bonds. The maximum atomic E-state index is 12.1. The highest BCUT2D eigenvalue weighted by molar-refractivity contribution is 9.10. The Morgan fingerprint density at radius 3 is 2.67 bits per heavy atom. The molecular weight excluding hydrogens is 322 g/mol. The highest BCUT2D eigenvalue weighted by Gasteiger charge is 2.23. The summed E-state index contributed by atoms with van der Waals surface area (Å²) >= 11 is 3.07. The third-order valence-electron chi connectivity index (χ3n) is 2.49. The molecule has 0 unspecified atom stereocenters. The predicted octanol–water partition coefficient (Wildman–Crippen LogP) is 0.395. The summed E-state index contributed by atoms with van der Waals surface area (Å²) in [7, 11) is -0.268. The molecule has 0 saturated heterocycles.